The number of amides is 1. The predicted octanol–water partition coefficient (Wildman–Crippen LogP) is 4.17. The Kier molecular flexibility index (Phi) is 8.23. The lowest BCUT2D eigenvalue weighted by atomic mass is 10.0. The number of carbonyl (C=O) groups is 1. The van der Waals surface area contributed by atoms with Gasteiger partial charge in [0.2, 0.25) is 5.91 Å². The van der Waals surface area contributed by atoms with Gasteiger partial charge in [-0.25, -0.2) is 0 Å². The van der Waals surface area contributed by atoms with E-state index in [-0.39, 0.29) is 5.91 Å². The second-order valence-corrected chi connectivity index (χ2v) is 9.74. The highest BCUT2D eigenvalue weighted by Gasteiger charge is 2.28. The average molecular weight is 479 g/mol. The summed E-state index contributed by atoms with van der Waals surface area (Å²) in [6.07, 6.45) is 8.19. The molecule has 188 valence electrons. The molecule has 35 heavy (non-hydrogen) atoms. The first-order valence-corrected chi connectivity index (χ1v) is 12.6. The highest BCUT2D eigenvalue weighted by molar-refractivity contribution is 5.75. The number of aromatic nitrogens is 4. The van der Waals surface area contributed by atoms with Crippen molar-refractivity contribution in [2.24, 2.45) is 13.0 Å². The normalized spacial score (nSPS) is 18.6. The maximum Gasteiger partial charge on any atom is 0.219 e. The maximum atomic E-state index is 11.7. The second kappa shape index (κ2) is 11.5. The number of aromatic amines is 1. The molecular weight excluding hydrogens is 440 g/mol. The summed E-state index contributed by atoms with van der Waals surface area (Å²) in [6.45, 7) is 10.3. The Labute approximate surface area is 208 Å². The Morgan fingerprint density at radius 2 is 2.03 bits per heavy atom. The van der Waals surface area contributed by atoms with Crippen molar-refractivity contribution in [2.45, 2.75) is 53.0 Å². The van der Waals surface area contributed by atoms with Crippen molar-refractivity contribution in [1.82, 2.24) is 24.9 Å². The van der Waals surface area contributed by atoms with Gasteiger partial charge in [-0.2, -0.15) is 10.2 Å². The van der Waals surface area contributed by atoms with Crippen molar-refractivity contribution in [3.8, 4) is 0 Å². The van der Waals surface area contributed by atoms with E-state index in [1.54, 1.807) is 11.6 Å². The van der Waals surface area contributed by atoms with Gasteiger partial charge in [-0.1, -0.05) is 25.1 Å². The molecule has 0 spiro atoms. The molecule has 0 bridgehead atoms. The van der Waals surface area contributed by atoms with Crippen molar-refractivity contribution in [1.29, 1.82) is 0 Å². The van der Waals surface area contributed by atoms with Gasteiger partial charge >= 0.3 is 0 Å². The van der Waals surface area contributed by atoms with Crippen LogP contribution in [0.4, 0.5) is 11.5 Å². The highest BCUT2D eigenvalue weighted by atomic mass is 16.5. The quantitative estimate of drug-likeness (QED) is 0.568. The minimum absolute atomic E-state index is 0.136. The topological polar surface area (TPSA) is 79.3 Å². The van der Waals surface area contributed by atoms with Crippen molar-refractivity contribution >= 4 is 17.4 Å². The first-order chi connectivity index (χ1) is 16.9. The number of para-hydroxylation sites is 1. The van der Waals surface area contributed by atoms with E-state index in [9.17, 15) is 4.79 Å². The van der Waals surface area contributed by atoms with Crippen LogP contribution in [0.15, 0.2) is 36.7 Å². The number of aryl methyl sites for hydroxylation is 3. The summed E-state index contributed by atoms with van der Waals surface area (Å²) in [7, 11) is 1.91. The standard InChI is InChI=1S/C17H20N4O.C5H8N2.C5H10O/c1-12(22)20-10-8-15-14(11-20)17(19-18-15)21-9-4-6-13-5-2-3-7-16(13)21;1-5-3-6-7(2)4-5;1-5-2-3-6-4-5/h2-3,5,7H,4,6,8-11H2,1H3,(H,18,19);3-4H,1-2H3;5H,2-4H2,1H3/t;;5-/m..0/s1. The lowest BCUT2D eigenvalue weighted by Gasteiger charge is -2.32. The van der Waals surface area contributed by atoms with Crippen LogP contribution >= 0.6 is 0 Å². The molecule has 8 nitrogen and oxygen atoms in total. The fraction of sp³-hybridized carbons (Fsp3) is 0.519. The van der Waals surface area contributed by atoms with E-state index in [0.717, 1.165) is 57.3 Å². The number of hydrogen-bond acceptors (Lipinski definition) is 5. The summed E-state index contributed by atoms with van der Waals surface area (Å²) in [5.41, 5.74) is 6.20. The lowest BCUT2D eigenvalue weighted by Crippen LogP contribution is -2.35. The van der Waals surface area contributed by atoms with Crippen LogP contribution in [0.3, 0.4) is 0 Å². The van der Waals surface area contributed by atoms with Gasteiger partial charge < -0.3 is 14.5 Å². The van der Waals surface area contributed by atoms with Crippen LogP contribution in [0.5, 0.6) is 0 Å². The molecule has 1 fully saturated rings. The minimum atomic E-state index is 0.136. The molecule has 5 heterocycles. The number of rotatable bonds is 1. The summed E-state index contributed by atoms with van der Waals surface area (Å²) in [4.78, 5) is 15.9. The van der Waals surface area contributed by atoms with Gasteiger partial charge in [0.25, 0.3) is 0 Å². The SMILES string of the molecule is CC(=O)N1CCc2[nH]nc(N3CCCc4ccccc43)c2C1.C[C@H]1CCOC1.Cc1cnn(C)c1. The first-order valence-electron chi connectivity index (χ1n) is 12.6. The molecule has 2 aromatic heterocycles. The first kappa shape index (κ1) is 25.0. The van der Waals surface area contributed by atoms with Crippen molar-refractivity contribution in [3.63, 3.8) is 0 Å². The third kappa shape index (κ3) is 6.31. The van der Waals surface area contributed by atoms with Gasteiger partial charge in [-0.05, 0) is 49.3 Å². The molecule has 3 aromatic rings. The zero-order valence-electron chi connectivity index (χ0n) is 21.5. The number of benzene rings is 1. The molecule has 1 aromatic carbocycles. The van der Waals surface area contributed by atoms with Crippen LogP contribution in [-0.2, 0) is 36.0 Å². The summed E-state index contributed by atoms with van der Waals surface area (Å²) >= 11 is 0. The summed E-state index contributed by atoms with van der Waals surface area (Å²) < 4.78 is 6.84. The van der Waals surface area contributed by atoms with E-state index in [0.29, 0.717) is 6.54 Å². The zero-order valence-corrected chi connectivity index (χ0v) is 21.5. The number of anilines is 2. The third-order valence-electron chi connectivity index (χ3n) is 6.71. The van der Waals surface area contributed by atoms with Crippen molar-refractivity contribution in [3.05, 3.63) is 59.0 Å². The Morgan fingerprint density at radius 3 is 2.63 bits per heavy atom. The van der Waals surface area contributed by atoms with Gasteiger partial charge in [0.05, 0.1) is 12.7 Å². The molecule has 0 saturated carbocycles. The van der Waals surface area contributed by atoms with Gasteiger partial charge in [0, 0.05) is 69.8 Å². The molecule has 1 saturated heterocycles. The van der Waals surface area contributed by atoms with Crippen LogP contribution in [0, 0.1) is 12.8 Å². The number of H-pyrrole nitrogens is 1. The monoisotopic (exact) mass is 478 g/mol. The average Bonchev–Trinajstić information content (AvgIpc) is 3.60. The van der Waals surface area contributed by atoms with Crippen molar-refractivity contribution < 1.29 is 9.53 Å². The van der Waals surface area contributed by atoms with E-state index >= 15 is 0 Å². The molecule has 3 aliphatic heterocycles. The van der Waals surface area contributed by atoms with Crippen LogP contribution < -0.4 is 4.90 Å². The molecule has 8 heteroatoms. The fourth-order valence-corrected chi connectivity index (χ4v) is 4.72. The van der Waals surface area contributed by atoms with Crippen LogP contribution in [0.2, 0.25) is 0 Å². The largest absolute Gasteiger partial charge is 0.381 e. The Hall–Kier alpha value is -3.13. The van der Waals surface area contributed by atoms with E-state index in [4.69, 9.17) is 4.74 Å². The van der Waals surface area contributed by atoms with Gasteiger partial charge in [0.1, 0.15) is 0 Å². The number of nitrogens with zero attached hydrogens (tertiary/aromatic N) is 5. The van der Waals surface area contributed by atoms with Crippen LogP contribution in [-0.4, -0.2) is 57.1 Å². The molecule has 1 N–H and O–H groups in total. The maximum absolute atomic E-state index is 11.7. The lowest BCUT2D eigenvalue weighted by molar-refractivity contribution is -0.129. The molecule has 1 amide bonds. The fourth-order valence-electron chi connectivity index (χ4n) is 4.72. The summed E-state index contributed by atoms with van der Waals surface area (Å²) in [5.74, 6) is 1.95. The number of ether oxygens (including phenoxy) is 1. The highest BCUT2D eigenvalue weighted by Crippen LogP contribution is 2.36. The second-order valence-electron chi connectivity index (χ2n) is 9.74. The van der Waals surface area contributed by atoms with Crippen LogP contribution in [0.25, 0.3) is 0 Å². The van der Waals surface area contributed by atoms with Gasteiger partial charge in [0.15, 0.2) is 5.82 Å². The Bertz CT molecular complexity index is 1100. The smallest absolute Gasteiger partial charge is 0.219 e. The molecule has 6 rings (SSSR count). The third-order valence-corrected chi connectivity index (χ3v) is 6.71. The van der Waals surface area contributed by atoms with Gasteiger partial charge in [-0.15, -0.1) is 0 Å². The Morgan fingerprint density at radius 1 is 1.20 bits per heavy atom. The molecule has 1 atom stereocenters. The number of fused-ring (bicyclic) bond motifs is 2. The number of nitrogens with one attached hydrogen (secondary N) is 1. The molecule has 0 unspecified atom stereocenters. The van der Waals surface area contributed by atoms with Crippen molar-refractivity contribution in [2.75, 3.05) is 31.2 Å². The summed E-state index contributed by atoms with van der Waals surface area (Å²) in [5, 5.41) is 11.7. The molecular formula is C27H38N6O2. The van der Waals surface area contributed by atoms with E-state index in [2.05, 4.69) is 51.4 Å². The van der Waals surface area contributed by atoms with E-state index < -0.39 is 0 Å². The molecule has 0 aliphatic carbocycles. The predicted molar refractivity (Wildman–Crippen MR) is 138 cm³/mol. The number of carbonyl (C=O) groups excluding carboxylic acids is 1. The van der Waals surface area contributed by atoms with Crippen LogP contribution in [0.1, 0.15) is 49.1 Å². The summed E-state index contributed by atoms with van der Waals surface area (Å²) in [6, 6.07) is 8.54. The van der Waals surface area contributed by atoms with E-state index in [1.807, 2.05) is 31.3 Å². The zero-order chi connectivity index (χ0) is 24.8. The Balaban J connectivity index is 0.000000181. The van der Waals surface area contributed by atoms with Gasteiger partial charge in [-0.3, -0.25) is 14.6 Å². The number of hydrogen-bond donors (Lipinski definition) is 1. The molecule has 3 aliphatic rings. The van der Waals surface area contributed by atoms with E-state index in [1.165, 1.54) is 34.5 Å². The molecule has 0 radical (unpaired) electrons. The minimum Gasteiger partial charge on any atom is -0.381 e.